The van der Waals surface area contributed by atoms with Crippen molar-refractivity contribution in [2.24, 2.45) is 0 Å². The second kappa shape index (κ2) is 4.67. The zero-order valence-electron chi connectivity index (χ0n) is 9.32. The van der Waals surface area contributed by atoms with Gasteiger partial charge in [-0.3, -0.25) is 0 Å². The molecular weight excluding hydrogens is 224 g/mol. The lowest BCUT2D eigenvalue weighted by Gasteiger charge is -2.19. The van der Waals surface area contributed by atoms with Crippen molar-refractivity contribution in [1.29, 1.82) is 0 Å². The van der Waals surface area contributed by atoms with Crippen LogP contribution in [0, 0.1) is 11.6 Å². The summed E-state index contributed by atoms with van der Waals surface area (Å²) in [6.07, 6.45) is 1.03. The second-order valence-electron chi connectivity index (χ2n) is 4.02. The molecule has 2 atom stereocenters. The highest BCUT2D eigenvalue weighted by Crippen LogP contribution is 2.27. The first kappa shape index (κ1) is 11.8. The molecule has 0 bridgehead atoms. The molecule has 2 N–H and O–H groups in total. The molecule has 17 heavy (non-hydrogen) atoms. The summed E-state index contributed by atoms with van der Waals surface area (Å²) in [6, 6.07) is 7.27. The van der Waals surface area contributed by atoms with Crippen LogP contribution in [0.4, 0.5) is 8.78 Å². The van der Waals surface area contributed by atoms with Gasteiger partial charge in [0.25, 0.3) is 0 Å². The van der Waals surface area contributed by atoms with Crippen LogP contribution in [0.1, 0.15) is 24.1 Å². The normalized spacial score (nSPS) is 14.6. The lowest BCUT2D eigenvalue weighted by molar-refractivity contribution is 0.175. The van der Waals surface area contributed by atoms with Crippen LogP contribution in [0.2, 0.25) is 0 Å². The SMILES string of the molecule is CC(O)C(c1ccc(F)c(F)c1)c1ccc[nH]1. The van der Waals surface area contributed by atoms with E-state index >= 15 is 0 Å². The Balaban J connectivity index is 2.43. The van der Waals surface area contributed by atoms with Gasteiger partial charge in [0.1, 0.15) is 0 Å². The van der Waals surface area contributed by atoms with Crippen molar-refractivity contribution in [3.8, 4) is 0 Å². The smallest absolute Gasteiger partial charge is 0.159 e. The molecule has 2 rings (SSSR count). The molecule has 0 radical (unpaired) electrons. The quantitative estimate of drug-likeness (QED) is 0.846. The number of nitrogens with one attached hydrogen (secondary N) is 1. The first-order valence-corrected chi connectivity index (χ1v) is 5.36. The Hall–Kier alpha value is -1.68. The van der Waals surface area contributed by atoms with E-state index < -0.39 is 17.7 Å². The maximum absolute atomic E-state index is 13.2. The molecule has 0 saturated carbocycles. The summed E-state index contributed by atoms with van der Waals surface area (Å²) in [7, 11) is 0. The summed E-state index contributed by atoms with van der Waals surface area (Å²) in [5.74, 6) is -2.18. The van der Waals surface area contributed by atoms with Gasteiger partial charge in [-0.15, -0.1) is 0 Å². The number of hydrogen-bond donors (Lipinski definition) is 2. The minimum atomic E-state index is -0.903. The molecule has 1 aromatic heterocycles. The summed E-state index contributed by atoms with van der Waals surface area (Å²) in [5, 5.41) is 9.76. The van der Waals surface area contributed by atoms with Gasteiger partial charge in [-0.1, -0.05) is 6.07 Å². The van der Waals surface area contributed by atoms with E-state index in [2.05, 4.69) is 4.98 Å². The number of halogens is 2. The molecule has 1 aromatic carbocycles. The van der Waals surface area contributed by atoms with Gasteiger partial charge in [0, 0.05) is 17.8 Å². The Morgan fingerprint density at radius 1 is 1.18 bits per heavy atom. The summed E-state index contributed by atoms with van der Waals surface area (Å²) >= 11 is 0. The van der Waals surface area contributed by atoms with Crippen LogP contribution in [0.25, 0.3) is 0 Å². The Kier molecular flexibility index (Phi) is 3.24. The molecular formula is C13H13F2NO. The Morgan fingerprint density at radius 3 is 2.47 bits per heavy atom. The topological polar surface area (TPSA) is 36.0 Å². The molecule has 2 unspecified atom stereocenters. The largest absolute Gasteiger partial charge is 0.392 e. The Labute approximate surface area is 97.9 Å². The van der Waals surface area contributed by atoms with E-state index in [1.54, 1.807) is 25.3 Å². The molecule has 0 amide bonds. The van der Waals surface area contributed by atoms with Crippen molar-refractivity contribution in [3.63, 3.8) is 0 Å². The lowest BCUT2D eigenvalue weighted by Crippen LogP contribution is -2.16. The number of benzene rings is 1. The van der Waals surface area contributed by atoms with Crippen molar-refractivity contribution in [2.45, 2.75) is 18.9 Å². The Bertz CT molecular complexity index is 494. The summed E-state index contributed by atoms with van der Waals surface area (Å²) in [5.41, 5.74) is 1.31. The molecule has 2 aromatic rings. The molecule has 0 fully saturated rings. The van der Waals surface area contributed by atoms with Gasteiger partial charge >= 0.3 is 0 Å². The molecule has 0 spiro atoms. The van der Waals surface area contributed by atoms with Gasteiger partial charge in [0.05, 0.1) is 6.10 Å². The van der Waals surface area contributed by atoms with E-state index in [-0.39, 0.29) is 5.92 Å². The van der Waals surface area contributed by atoms with E-state index in [9.17, 15) is 13.9 Å². The van der Waals surface area contributed by atoms with Crippen molar-refractivity contribution in [2.75, 3.05) is 0 Å². The van der Waals surface area contributed by atoms with Gasteiger partial charge in [-0.2, -0.15) is 0 Å². The third-order valence-electron chi connectivity index (χ3n) is 2.74. The lowest BCUT2D eigenvalue weighted by atomic mass is 9.91. The molecule has 2 nitrogen and oxygen atoms in total. The van der Waals surface area contributed by atoms with Crippen LogP contribution in [-0.2, 0) is 0 Å². The van der Waals surface area contributed by atoms with Crippen LogP contribution >= 0.6 is 0 Å². The van der Waals surface area contributed by atoms with E-state index in [4.69, 9.17) is 0 Å². The first-order valence-electron chi connectivity index (χ1n) is 5.36. The van der Waals surface area contributed by atoms with E-state index in [1.165, 1.54) is 6.07 Å². The van der Waals surface area contributed by atoms with Crippen molar-refractivity contribution in [3.05, 3.63) is 59.4 Å². The number of aromatic amines is 1. The van der Waals surface area contributed by atoms with Gasteiger partial charge in [0.2, 0.25) is 0 Å². The molecule has 4 heteroatoms. The predicted molar refractivity (Wildman–Crippen MR) is 60.7 cm³/mol. The molecule has 1 heterocycles. The predicted octanol–water partition coefficient (Wildman–Crippen LogP) is 2.81. The summed E-state index contributed by atoms with van der Waals surface area (Å²) in [6.45, 7) is 1.62. The molecule has 0 aliphatic rings. The highest BCUT2D eigenvalue weighted by molar-refractivity contribution is 5.30. The number of rotatable bonds is 3. The minimum absolute atomic E-state index is 0.389. The first-order chi connectivity index (χ1) is 8.09. The number of H-pyrrole nitrogens is 1. The van der Waals surface area contributed by atoms with Crippen molar-refractivity contribution in [1.82, 2.24) is 4.98 Å². The zero-order valence-corrected chi connectivity index (χ0v) is 9.32. The molecule has 0 aliphatic carbocycles. The third-order valence-corrected chi connectivity index (χ3v) is 2.74. The highest BCUT2D eigenvalue weighted by atomic mass is 19.2. The van der Waals surface area contributed by atoms with Gasteiger partial charge in [0.15, 0.2) is 11.6 Å². The van der Waals surface area contributed by atoms with Gasteiger partial charge in [-0.25, -0.2) is 8.78 Å². The van der Waals surface area contributed by atoms with E-state index in [0.717, 1.165) is 17.8 Å². The fraction of sp³-hybridized carbons (Fsp3) is 0.231. The number of aliphatic hydroxyl groups excluding tert-OH is 1. The number of aliphatic hydroxyl groups is 1. The Morgan fingerprint density at radius 2 is 1.94 bits per heavy atom. The number of hydrogen-bond acceptors (Lipinski definition) is 1. The van der Waals surface area contributed by atoms with Crippen LogP contribution in [0.3, 0.4) is 0 Å². The van der Waals surface area contributed by atoms with Crippen LogP contribution in [-0.4, -0.2) is 16.2 Å². The maximum Gasteiger partial charge on any atom is 0.159 e. The average molecular weight is 237 g/mol. The monoisotopic (exact) mass is 237 g/mol. The molecule has 90 valence electrons. The fourth-order valence-electron chi connectivity index (χ4n) is 1.96. The molecule has 0 aliphatic heterocycles. The highest BCUT2D eigenvalue weighted by Gasteiger charge is 2.21. The van der Waals surface area contributed by atoms with Crippen LogP contribution in [0.15, 0.2) is 36.5 Å². The van der Waals surface area contributed by atoms with Gasteiger partial charge < -0.3 is 10.1 Å². The second-order valence-corrected chi connectivity index (χ2v) is 4.02. The van der Waals surface area contributed by atoms with Crippen molar-refractivity contribution >= 4 is 0 Å². The van der Waals surface area contributed by atoms with Crippen LogP contribution in [0.5, 0.6) is 0 Å². The zero-order chi connectivity index (χ0) is 12.4. The summed E-state index contributed by atoms with van der Waals surface area (Å²) < 4.78 is 26.0. The average Bonchev–Trinajstić information content (AvgIpc) is 2.76. The van der Waals surface area contributed by atoms with E-state index in [1.807, 2.05) is 0 Å². The van der Waals surface area contributed by atoms with E-state index in [0.29, 0.717) is 5.56 Å². The number of aromatic nitrogens is 1. The third kappa shape index (κ3) is 2.36. The molecule has 0 saturated heterocycles. The standard InChI is InChI=1S/C13H13F2NO/c1-8(17)13(12-3-2-6-16-12)9-4-5-10(14)11(15)7-9/h2-8,13,16-17H,1H3. The maximum atomic E-state index is 13.2. The minimum Gasteiger partial charge on any atom is -0.392 e. The van der Waals surface area contributed by atoms with Crippen molar-refractivity contribution < 1.29 is 13.9 Å². The van der Waals surface area contributed by atoms with Crippen LogP contribution < -0.4 is 0 Å². The van der Waals surface area contributed by atoms with Gasteiger partial charge in [-0.05, 0) is 36.8 Å². The fourth-order valence-corrected chi connectivity index (χ4v) is 1.96. The summed E-state index contributed by atoms with van der Waals surface area (Å²) in [4.78, 5) is 2.97.